The first-order valence-corrected chi connectivity index (χ1v) is 10.6. The van der Waals surface area contributed by atoms with E-state index in [0.717, 1.165) is 43.3 Å². The molecule has 2 aromatic heterocycles. The van der Waals surface area contributed by atoms with Gasteiger partial charge in [0.15, 0.2) is 0 Å². The number of hydrogen-bond donors (Lipinski definition) is 0. The fourth-order valence-corrected chi connectivity index (χ4v) is 4.50. The third kappa shape index (κ3) is 3.80. The molecule has 4 rings (SSSR count). The van der Waals surface area contributed by atoms with Crippen molar-refractivity contribution in [1.82, 2.24) is 19.7 Å². The molecule has 27 heavy (non-hydrogen) atoms. The van der Waals surface area contributed by atoms with Gasteiger partial charge in [0.25, 0.3) is 0 Å². The van der Waals surface area contributed by atoms with Crippen molar-refractivity contribution in [1.29, 1.82) is 0 Å². The van der Waals surface area contributed by atoms with E-state index in [9.17, 15) is 0 Å². The number of nitrogens with zero attached hydrogens (tertiary/aromatic N) is 6. The van der Waals surface area contributed by atoms with Crippen LogP contribution in [0.25, 0.3) is 11.3 Å². The summed E-state index contributed by atoms with van der Waals surface area (Å²) in [6, 6.07) is 2.61. The third-order valence-corrected chi connectivity index (χ3v) is 6.01. The lowest BCUT2D eigenvalue weighted by molar-refractivity contribution is 0.538. The molecule has 0 unspecified atom stereocenters. The van der Waals surface area contributed by atoms with Crippen LogP contribution in [-0.4, -0.2) is 45.9 Å². The number of rotatable bonds is 6. The van der Waals surface area contributed by atoms with Gasteiger partial charge in [-0.05, 0) is 44.6 Å². The summed E-state index contributed by atoms with van der Waals surface area (Å²) < 4.78 is 2.17. The minimum absolute atomic E-state index is 0.574. The summed E-state index contributed by atoms with van der Waals surface area (Å²) >= 11 is 0. The zero-order valence-electron chi connectivity index (χ0n) is 16.8. The van der Waals surface area contributed by atoms with Crippen LogP contribution in [-0.2, 0) is 6.54 Å². The topological polar surface area (TPSA) is 50.1 Å². The third-order valence-electron chi connectivity index (χ3n) is 6.01. The molecule has 0 amide bonds. The van der Waals surface area contributed by atoms with Gasteiger partial charge in [0.1, 0.15) is 5.82 Å². The lowest BCUT2D eigenvalue weighted by atomic mass is 10.1. The average molecular weight is 369 g/mol. The van der Waals surface area contributed by atoms with Crippen molar-refractivity contribution < 1.29 is 0 Å². The van der Waals surface area contributed by atoms with E-state index in [1.165, 1.54) is 50.8 Å². The van der Waals surface area contributed by atoms with Crippen LogP contribution in [0.4, 0.5) is 11.8 Å². The van der Waals surface area contributed by atoms with Gasteiger partial charge in [0, 0.05) is 38.9 Å². The molecular formula is C21H32N6. The highest BCUT2D eigenvalue weighted by atomic mass is 15.4. The van der Waals surface area contributed by atoms with Crippen molar-refractivity contribution >= 4 is 11.8 Å². The van der Waals surface area contributed by atoms with E-state index >= 15 is 0 Å². The zero-order chi connectivity index (χ0) is 18.6. The Kier molecular flexibility index (Phi) is 5.60. The van der Waals surface area contributed by atoms with Gasteiger partial charge in [-0.3, -0.25) is 0 Å². The molecule has 1 aliphatic carbocycles. The molecule has 6 nitrogen and oxygen atoms in total. The molecule has 2 fully saturated rings. The highest BCUT2D eigenvalue weighted by molar-refractivity contribution is 5.74. The molecule has 1 saturated heterocycles. The SMILES string of the molecule is CCCn1ncc(-c2ccnc(N(C)C3CCCC3)n2)c1N1CCCCC1. The summed E-state index contributed by atoms with van der Waals surface area (Å²) in [6.07, 6.45) is 14.0. The Balaban J connectivity index is 1.67. The Morgan fingerprint density at radius 3 is 2.63 bits per heavy atom. The van der Waals surface area contributed by atoms with E-state index in [4.69, 9.17) is 10.1 Å². The monoisotopic (exact) mass is 368 g/mol. The van der Waals surface area contributed by atoms with Gasteiger partial charge in [0.2, 0.25) is 5.95 Å². The number of aryl methyl sites for hydroxylation is 1. The van der Waals surface area contributed by atoms with Gasteiger partial charge < -0.3 is 9.80 Å². The van der Waals surface area contributed by atoms with Crippen LogP contribution >= 0.6 is 0 Å². The first-order valence-electron chi connectivity index (χ1n) is 10.6. The summed E-state index contributed by atoms with van der Waals surface area (Å²) in [5.74, 6) is 2.08. The molecule has 0 bridgehead atoms. The largest absolute Gasteiger partial charge is 0.356 e. The lowest BCUT2D eigenvalue weighted by Crippen LogP contribution is -2.32. The molecular weight excluding hydrogens is 336 g/mol. The van der Waals surface area contributed by atoms with Crippen LogP contribution in [0.2, 0.25) is 0 Å². The van der Waals surface area contributed by atoms with E-state index in [1.807, 2.05) is 18.5 Å². The van der Waals surface area contributed by atoms with Gasteiger partial charge >= 0.3 is 0 Å². The van der Waals surface area contributed by atoms with Crippen LogP contribution in [0.3, 0.4) is 0 Å². The van der Waals surface area contributed by atoms with Crippen molar-refractivity contribution in [2.45, 2.75) is 70.9 Å². The van der Waals surface area contributed by atoms with Crippen LogP contribution < -0.4 is 9.80 Å². The fraction of sp³-hybridized carbons (Fsp3) is 0.667. The Hall–Kier alpha value is -2.11. The van der Waals surface area contributed by atoms with Crippen LogP contribution in [0.5, 0.6) is 0 Å². The summed E-state index contributed by atoms with van der Waals surface area (Å²) in [4.78, 5) is 14.3. The second kappa shape index (κ2) is 8.28. The number of hydrogen-bond acceptors (Lipinski definition) is 5. The summed E-state index contributed by atoms with van der Waals surface area (Å²) in [7, 11) is 2.14. The van der Waals surface area contributed by atoms with Crippen molar-refractivity contribution in [3.8, 4) is 11.3 Å². The van der Waals surface area contributed by atoms with E-state index in [0.29, 0.717) is 6.04 Å². The predicted octanol–water partition coefficient (Wildman–Crippen LogP) is 4.12. The van der Waals surface area contributed by atoms with Gasteiger partial charge in [-0.2, -0.15) is 5.10 Å². The Morgan fingerprint density at radius 1 is 1.11 bits per heavy atom. The average Bonchev–Trinajstić information content (AvgIpc) is 3.39. The smallest absolute Gasteiger partial charge is 0.225 e. The van der Waals surface area contributed by atoms with E-state index in [1.54, 1.807) is 0 Å². The lowest BCUT2D eigenvalue weighted by Gasteiger charge is -2.30. The molecule has 1 saturated carbocycles. The first-order chi connectivity index (χ1) is 13.3. The number of aromatic nitrogens is 4. The second-order valence-electron chi connectivity index (χ2n) is 7.94. The Morgan fingerprint density at radius 2 is 1.89 bits per heavy atom. The molecule has 146 valence electrons. The maximum atomic E-state index is 4.95. The highest BCUT2D eigenvalue weighted by Gasteiger charge is 2.24. The first kappa shape index (κ1) is 18.3. The molecule has 2 aromatic rings. The van der Waals surface area contributed by atoms with E-state index < -0.39 is 0 Å². The molecule has 0 atom stereocenters. The minimum atomic E-state index is 0.574. The van der Waals surface area contributed by atoms with Crippen LogP contribution in [0, 0.1) is 0 Å². The van der Waals surface area contributed by atoms with Gasteiger partial charge in [-0.15, -0.1) is 0 Å². The summed E-state index contributed by atoms with van der Waals surface area (Å²) in [5.41, 5.74) is 2.14. The Labute approximate surface area is 162 Å². The molecule has 0 spiro atoms. The van der Waals surface area contributed by atoms with Crippen molar-refractivity contribution in [2.75, 3.05) is 29.9 Å². The Bertz CT molecular complexity index is 743. The number of anilines is 2. The van der Waals surface area contributed by atoms with E-state index in [2.05, 4.69) is 33.4 Å². The molecule has 2 aliphatic rings. The van der Waals surface area contributed by atoms with Gasteiger partial charge in [0.05, 0.1) is 17.5 Å². The second-order valence-corrected chi connectivity index (χ2v) is 7.94. The van der Waals surface area contributed by atoms with Gasteiger partial charge in [-0.25, -0.2) is 14.6 Å². The highest BCUT2D eigenvalue weighted by Crippen LogP contribution is 2.33. The molecule has 0 radical (unpaired) electrons. The quantitative estimate of drug-likeness (QED) is 0.768. The molecule has 1 aliphatic heterocycles. The fourth-order valence-electron chi connectivity index (χ4n) is 4.50. The minimum Gasteiger partial charge on any atom is -0.356 e. The standard InChI is InChI=1S/C21H32N6/c1-3-13-27-20(26-14-7-4-8-15-26)18(16-23-27)19-11-12-22-21(24-19)25(2)17-9-5-6-10-17/h11-12,16-17H,3-10,13-15H2,1-2H3. The molecule has 3 heterocycles. The zero-order valence-corrected chi connectivity index (χ0v) is 16.8. The summed E-state index contributed by atoms with van der Waals surface area (Å²) in [6.45, 7) is 5.39. The van der Waals surface area contributed by atoms with Crippen molar-refractivity contribution in [2.24, 2.45) is 0 Å². The molecule has 0 aromatic carbocycles. The predicted molar refractivity (Wildman–Crippen MR) is 110 cm³/mol. The normalized spacial score (nSPS) is 18.2. The van der Waals surface area contributed by atoms with Crippen molar-refractivity contribution in [3.05, 3.63) is 18.5 Å². The maximum absolute atomic E-state index is 4.95. The number of piperidine rings is 1. The van der Waals surface area contributed by atoms with Crippen LogP contribution in [0.1, 0.15) is 58.3 Å². The van der Waals surface area contributed by atoms with E-state index in [-0.39, 0.29) is 0 Å². The maximum Gasteiger partial charge on any atom is 0.225 e. The van der Waals surface area contributed by atoms with Crippen molar-refractivity contribution in [3.63, 3.8) is 0 Å². The molecule has 0 N–H and O–H groups in total. The van der Waals surface area contributed by atoms with Gasteiger partial charge in [-0.1, -0.05) is 19.8 Å². The van der Waals surface area contributed by atoms with Crippen LogP contribution in [0.15, 0.2) is 18.5 Å². The molecule has 6 heteroatoms. The summed E-state index contributed by atoms with van der Waals surface area (Å²) in [5, 5.41) is 4.71.